The number of hydrogen-bond donors (Lipinski definition) is 0. The Morgan fingerprint density at radius 2 is 1.00 bits per heavy atom. The average Bonchev–Trinajstić information content (AvgIpc) is 2.93. The second kappa shape index (κ2) is 20.9. The first-order valence-electron chi connectivity index (χ1n) is 16.6. The van der Waals surface area contributed by atoms with Gasteiger partial charge in [-0.15, -0.1) is 0 Å². The van der Waals surface area contributed by atoms with Crippen molar-refractivity contribution in [2.75, 3.05) is 0 Å². The first-order valence-corrected chi connectivity index (χ1v) is 16.6. The zero-order valence-corrected chi connectivity index (χ0v) is 26.1. The minimum atomic E-state index is 0.260. The number of nitrogens with zero attached hydrogens (tertiary/aromatic N) is 3. The van der Waals surface area contributed by atoms with Crippen LogP contribution in [0.4, 0.5) is 0 Å². The summed E-state index contributed by atoms with van der Waals surface area (Å²) in [7, 11) is 0. The van der Waals surface area contributed by atoms with E-state index in [-0.39, 0.29) is 5.41 Å². The molecule has 3 unspecified atom stereocenters. The smallest absolute Gasteiger partial charge is 0.135 e. The standard InChI is InChI=1S/C34H65N3/c1-7-12-16-17-18-19-20-21-23-25-33(6,24-14-9-3)31(32-36-29-35-30-37-32)28-34(11-5,26-15-10-4)27-22-13-8-2/h29-31H,7-28H2,1-6H3. The van der Waals surface area contributed by atoms with Crippen molar-refractivity contribution < 1.29 is 0 Å². The molecule has 0 amide bonds. The maximum atomic E-state index is 4.82. The zero-order valence-electron chi connectivity index (χ0n) is 26.1. The summed E-state index contributed by atoms with van der Waals surface area (Å²) in [5.41, 5.74) is 0.671. The lowest BCUT2D eigenvalue weighted by Crippen LogP contribution is -2.34. The van der Waals surface area contributed by atoms with E-state index in [1.807, 2.05) is 0 Å². The molecule has 0 aliphatic heterocycles. The number of hydrogen-bond acceptors (Lipinski definition) is 3. The third kappa shape index (κ3) is 13.6. The van der Waals surface area contributed by atoms with Gasteiger partial charge in [0.05, 0.1) is 0 Å². The van der Waals surface area contributed by atoms with Crippen molar-refractivity contribution >= 4 is 0 Å². The van der Waals surface area contributed by atoms with E-state index in [4.69, 9.17) is 9.97 Å². The van der Waals surface area contributed by atoms with Crippen molar-refractivity contribution in [1.82, 2.24) is 15.0 Å². The molecule has 37 heavy (non-hydrogen) atoms. The van der Waals surface area contributed by atoms with Gasteiger partial charge in [-0.25, -0.2) is 15.0 Å². The summed E-state index contributed by atoms with van der Waals surface area (Å²) in [6.07, 6.45) is 33.1. The molecule has 1 aromatic rings. The Labute approximate surface area is 232 Å². The van der Waals surface area contributed by atoms with Crippen LogP contribution in [-0.4, -0.2) is 15.0 Å². The van der Waals surface area contributed by atoms with Crippen molar-refractivity contribution in [1.29, 1.82) is 0 Å². The van der Waals surface area contributed by atoms with Crippen LogP contribution >= 0.6 is 0 Å². The van der Waals surface area contributed by atoms with E-state index in [2.05, 4.69) is 46.5 Å². The van der Waals surface area contributed by atoms with Crippen LogP contribution < -0.4 is 0 Å². The molecule has 0 fully saturated rings. The molecule has 0 bridgehead atoms. The van der Waals surface area contributed by atoms with Crippen LogP contribution in [0.3, 0.4) is 0 Å². The van der Waals surface area contributed by atoms with Gasteiger partial charge in [-0.1, -0.05) is 151 Å². The summed E-state index contributed by atoms with van der Waals surface area (Å²) in [5, 5.41) is 0. The molecular formula is C34H65N3. The molecule has 0 saturated carbocycles. The summed E-state index contributed by atoms with van der Waals surface area (Å²) < 4.78 is 0. The molecule has 0 N–H and O–H groups in total. The number of aromatic nitrogens is 3. The third-order valence-corrected chi connectivity index (χ3v) is 9.38. The van der Waals surface area contributed by atoms with E-state index in [1.54, 1.807) is 12.7 Å². The topological polar surface area (TPSA) is 38.7 Å². The van der Waals surface area contributed by atoms with Crippen molar-refractivity contribution in [2.24, 2.45) is 10.8 Å². The SMILES string of the molecule is CCCCCCCCCCCC(C)(CCCC)C(CC(CC)(CCCC)CCCCC)c1ncncn1. The molecule has 0 aliphatic carbocycles. The molecule has 1 heterocycles. The van der Waals surface area contributed by atoms with Crippen LogP contribution in [0.1, 0.15) is 195 Å². The average molecular weight is 516 g/mol. The Balaban J connectivity index is 3.05. The lowest BCUT2D eigenvalue weighted by atomic mass is 9.61. The molecule has 3 nitrogen and oxygen atoms in total. The van der Waals surface area contributed by atoms with Crippen LogP contribution in [0.5, 0.6) is 0 Å². The van der Waals surface area contributed by atoms with E-state index in [1.165, 1.54) is 141 Å². The lowest BCUT2D eigenvalue weighted by Gasteiger charge is -2.44. The summed E-state index contributed by atoms with van der Waals surface area (Å²) >= 11 is 0. The molecule has 0 spiro atoms. The fourth-order valence-electron chi connectivity index (χ4n) is 6.53. The van der Waals surface area contributed by atoms with Crippen LogP contribution in [0, 0.1) is 10.8 Å². The van der Waals surface area contributed by atoms with Gasteiger partial charge in [-0.05, 0) is 42.9 Å². The zero-order chi connectivity index (χ0) is 27.2. The fourth-order valence-corrected chi connectivity index (χ4v) is 6.53. The lowest BCUT2D eigenvalue weighted by molar-refractivity contribution is 0.103. The molecule has 0 aliphatic rings. The second-order valence-electron chi connectivity index (χ2n) is 12.5. The summed E-state index contributed by atoms with van der Waals surface area (Å²) in [4.78, 5) is 13.8. The first-order chi connectivity index (χ1) is 18.0. The second-order valence-corrected chi connectivity index (χ2v) is 12.5. The van der Waals surface area contributed by atoms with Gasteiger partial charge >= 0.3 is 0 Å². The minimum absolute atomic E-state index is 0.260. The van der Waals surface area contributed by atoms with Gasteiger partial charge in [0.2, 0.25) is 0 Å². The molecule has 1 rings (SSSR count). The Kier molecular flexibility index (Phi) is 19.2. The van der Waals surface area contributed by atoms with Gasteiger partial charge in [-0.3, -0.25) is 0 Å². The number of unbranched alkanes of at least 4 members (excludes halogenated alkanes) is 12. The van der Waals surface area contributed by atoms with E-state index in [0.717, 1.165) is 5.82 Å². The predicted octanol–water partition coefficient (Wildman–Crippen LogP) is 11.6. The molecule has 1 aromatic heterocycles. The fraction of sp³-hybridized carbons (Fsp3) is 0.912. The monoisotopic (exact) mass is 516 g/mol. The predicted molar refractivity (Wildman–Crippen MR) is 163 cm³/mol. The first kappa shape index (κ1) is 34.0. The van der Waals surface area contributed by atoms with Gasteiger partial charge in [0.15, 0.2) is 0 Å². The molecule has 3 atom stereocenters. The Hall–Kier alpha value is -0.990. The highest BCUT2D eigenvalue weighted by atomic mass is 15.0. The molecular weight excluding hydrogens is 450 g/mol. The quantitative estimate of drug-likeness (QED) is 0.121. The Morgan fingerprint density at radius 1 is 0.568 bits per heavy atom. The van der Waals surface area contributed by atoms with E-state index >= 15 is 0 Å². The van der Waals surface area contributed by atoms with Crippen LogP contribution in [0.25, 0.3) is 0 Å². The van der Waals surface area contributed by atoms with Crippen LogP contribution in [0.2, 0.25) is 0 Å². The van der Waals surface area contributed by atoms with Gasteiger partial charge in [0.25, 0.3) is 0 Å². The van der Waals surface area contributed by atoms with E-state index < -0.39 is 0 Å². The van der Waals surface area contributed by atoms with Gasteiger partial charge in [-0.2, -0.15) is 0 Å². The normalized spacial score (nSPS) is 15.8. The van der Waals surface area contributed by atoms with Crippen LogP contribution in [0.15, 0.2) is 12.7 Å². The largest absolute Gasteiger partial charge is 0.225 e. The maximum Gasteiger partial charge on any atom is 0.135 e. The van der Waals surface area contributed by atoms with Gasteiger partial charge in [0.1, 0.15) is 18.5 Å². The van der Waals surface area contributed by atoms with Gasteiger partial charge < -0.3 is 0 Å². The van der Waals surface area contributed by atoms with Crippen molar-refractivity contribution in [2.45, 2.75) is 189 Å². The molecule has 0 saturated heterocycles. The van der Waals surface area contributed by atoms with Crippen LogP contribution in [-0.2, 0) is 0 Å². The highest BCUT2D eigenvalue weighted by Gasteiger charge is 2.41. The highest BCUT2D eigenvalue weighted by molar-refractivity contribution is 5.05. The molecule has 216 valence electrons. The summed E-state index contributed by atoms with van der Waals surface area (Å²) in [6.45, 7) is 14.4. The molecule has 0 aromatic carbocycles. The highest BCUT2D eigenvalue weighted by Crippen LogP contribution is 2.52. The molecule has 3 heteroatoms. The summed E-state index contributed by atoms with van der Waals surface area (Å²) in [5.74, 6) is 1.49. The minimum Gasteiger partial charge on any atom is -0.225 e. The van der Waals surface area contributed by atoms with Gasteiger partial charge in [0, 0.05) is 5.92 Å². The number of rotatable bonds is 25. The van der Waals surface area contributed by atoms with E-state index in [9.17, 15) is 0 Å². The Morgan fingerprint density at radius 3 is 1.57 bits per heavy atom. The van der Waals surface area contributed by atoms with E-state index in [0.29, 0.717) is 11.3 Å². The summed E-state index contributed by atoms with van der Waals surface area (Å²) in [6, 6.07) is 0. The maximum absolute atomic E-state index is 4.82. The Bertz CT molecular complexity index is 633. The molecule has 0 radical (unpaired) electrons. The van der Waals surface area contributed by atoms with Crippen molar-refractivity contribution in [3.63, 3.8) is 0 Å². The van der Waals surface area contributed by atoms with Crippen molar-refractivity contribution in [3.05, 3.63) is 18.5 Å². The van der Waals surface area contributed by atoms with Crippen molar-refractivity contribution in [3.8, 4) is 0 Å². The third-order valence-electron chi connectivity index (χ3n) is 9.38.